The van der Waals surface area contributed by atoms with Crippen molar-refractivity contribution in [2.45, 2.75) is 32.1 Å². The molecule has 0 amide bonds. The summed E-state index contributed by atoms with van der Waals surface area (Å²) in [7, 11) is 0. The van der Waals surface area contributed by atoms with Crippen LogP contribution in [0.4, 0.5) is 0 Å². The van der Waals surface area contributed by atoms with Gasteiger partial charge in [0.1, 0.15) is 0 Å². The Labute approximate surface area is 208 Å². The van der Waals surface area contributed by atoms with E-state index in [0.717, 1.165) is 12.8 Å². The summed E-state index contributed by atoms with van der Waals surface area (Å²) < 4.78 is 2.74. The third kappa shape index (κ3) is 2.53. The van der Waals surface area contributed by atoms with Crippen molar-refractivity contribution in [1.29, 1.82) is 0 Å². The quantitative estimate of drug-likeness (QED) is 0.248. The zero-order valence-corrected chi connectivity index (χ0v) is 20.7. The van der Waals surface area contributed by atoms with E-state index in [1.54, 1.807) is 0 Å². The van der Waals surface area contributed by atoms with Crippen LogP contribution in [0.1, 0.15) is 48.2 Å². The summed E-state index contributed by atoms with van der Waals surface area (Å²) in [5, 5.41) is 4.08. The van der Waals surface area contributed by atoms with Crippen LogP contribution in [0.25, 0.3) is 53.9 Å². The first-order valence-electron chi connectivity index (χ1n) is 12.5. The lowest BCUT2D eigenvalue weighted by Gasteiger charge is -2.26. The van der Waals surface area contributed by atoms with Gasteiger partial charge in [-0.15, -0.1) is 11.3 Å². The fourth-order valence-corrected chi connectivity index (χ4v) is 7.92. The summed E-state index contributed by atoms with van der Waals surface area (Å²) in [6, 6.07) is 29.3. The molecule has 0 aliphatic heterocycles. The van der Waals surface area contributed by atoms with Crippen LogP contribution in [0.15, 0.2) is 78.9 Å². The number of hydrogen-bond donors (Lipinski definition) is 1. The number of aromatic amines is 1. The lowest BCUT2D eigenvalue weighted by atomic mass is 9.77. The molecule has 4 aromatic carbocycles. The molecule has 1 nitrogen and oxygen atoms in total. The highest BCUT2D eigenvalue weighted by molar-refractivity contribution is 7.26. The van der Waals surface area contributed by atoms with Crippen LogP contribution in [0.3, 0.4) is 0 Å². The van der Waals surface area contributed by atoms with Crippen molar-refractivity contribution in [2.24, 2.45) is 0 Å². The summed E-state index contributed by atoms with van der Waals surface area (Å²) >= 11 is 1.91. The summed E-state index contributed by atoms with van der Waals surface area (Å²) in [6.07, 6.45) is 4.60. The van der Waals surface area contributed by atoms with E-state index in [-0.39, 0.29) is 5.41 Å². The van der Waals surface area contributed by atoms with Crippen LogP contribution in [0.2, 0.25) is 0 Å². The second-order valence-electron chi connectivity index (χ2n) is 10.5. The first-order chi connectivity index (χ1) is 17.1. The van der Waals surface area contributed by atoms with Gasteiger partial charge < -0.3 is 4.98 Å². The molecule has 35 heavy (non-hydrogen) atoms. The number of aromatic nitrogens is 1. The molecule has 1 N–H and O–H groups in total. The minimum Gasteiger partial charge on any atom is -0.357 e. The number of nitrogens with one attached hydrogen (secondary N) is 1. The Hall–Kier alpha value is -3.62. The number of thiophene rings is 1. The fourth-order valence-electron chi connectivity index (χ4n) is 6.71. The molecule has 2 aliphatic carbocycles. The molecule has 0 atom stereocenters. The molecule has 0 unspecified atom stereocenters. The van der Waals surface area contributed by atoms with Gasteiger partial charge in [-0.1, -0.05) is 86.6 Å². The van der Waals surface area contributed by atoms with Crippen LogP contribution in [0.5, 0.6) is 0 Å². The van der Waals surface area contributed by atoms with Crippen LogP contribution in [-0.4, -0.2) is 4.98 Å². The smallest absolute Gasteiger partial charge is 0.0643 e. The van der Waals surface area contributed by atoms with Crippen LogP contribution in [-0.2, 0) is 11.8 Å². The normalized spacial score (nSPS) is 15.9. The third-order valence-electron chi connectivity index (χ3n) is 8.33. The number of hydrogen-bond acceptors (Lipinski definition) is 1. The Morgan fingerprint density at radius 1 is 0.714 bits per heavy atom. The van der Waals surface area contributed by atoms with Crippen LogP contribution < -0.4 is 0 Å². The Balaban J connectivity index is 1.35. The number of aryl methyl sites for hydroxylation is 1. The van der Waals surface area contributed by atoms with Crippen molar-refractivity contribution in [2.75, 3.05) is 0 Å². The van der Waals surface area contributed by atoms with Gasteiger partial charge in [-0.25, -0.2) is 0 Å². The van der Waals surface area contributed by atoms with Crippen molar-refractivity contribution < 1.29 is 0 Å². The summed E-state index contributed by atoms with van der Waals surface area (Å²) in [5.41, 5.74) is 12.7. The molecule has 2 heteroatoms. The zero-order chi connectivity index (χ0) is 23.3. The SMILES string of the molecule is CC1(C)c2ccccc2-c2cccc(C3=Cc4c([nH]c5c4ccc4c6ccccc6sc45)CC3)c21. The molecule has 8 rings (SSSR count). The second-order valence-corrected chi connectivity index (χ2v) is 11.6. The van der Waals surface area contributed by atoms with E-state index >= 15 is 0 Å². The summed E-state index contributed by atoms with van der Waals surface area (Å²) in [6.45, 7) is 4.78. The molecule has 0 saturated carbocycles. The van der Waals surface area contributed by atoms with E-state index < -0.39 is 0 Å². The molecule has 168 valence electrons. The number of benzene rings is 4. The van der Waals surface area contributed by atoms with Crippen molar-refractivity contribution in [1.82, 2.24) is 4.98 Å². The highest BCUT2D eigenvalue weighted by atomic mass is 32.1. The monoisotopic (exact) mass is 467 g/mol. The zero-order valence-electron chi connectivity index (χ0n) is 19.9. The van der Waals surface area contributed by atoms with Gasteiger partial charge in [-0.05, 0) is 58.4 Å². The predicted octanol–water partition coefficient (Wildman–Crippen LogP) is 9.33. The topological polar surface area (TPSA) is 15.8 Å². The molecule has 0 radical (unpaired) electrons. The highest BCUT2D eigenvalue weighted by Crippen LogP contribution is 2.52. The number of allylic oxidation sites excluding steroid dienone is 1. The minimum atomic E-state index is 0.00703. The van der Waals surface area contributed by atoms with E-state index in [2.05, 4.69) is 104 Å². The Bertz CT molecular complexity index is 1870. The molecule has 2 aromatic heterocycles. The summed E-state index contributed by atoms with van der Waals surface area (Å²) in [5.74, 6) is 0. The van der Waals surface area contributed by atoms with Gasteiger partial charge in [0, 0.05) is 37.5 Å². The Morgan fingerprint density at radius 2 is 1.49 bits per heavy atom. The maximum Gasteiger partial charge on any atom is 0.0643 e. The second kappa shape index (κ2) is 6.74. The van der Waals surface area contributed by atoms with E-state index in [9.17, 15) is 0 Å². The number of rotatable bonds is 1. The highest BCUT2D eigenvalue weighted by Gasteiger charge is 2.37. The van der Waals surface area contributed by atoms with Crippen molar-refractivity contribution in [3.05, 3.63) is 107 Å². The first kappa shape index (κ1) is 19.7. The van der Waals surface area contributed by atoms with Gasteiger partial charge in [0.15, 0.2) is 0 Å². The van der Waals surface area contributed by atoms with E-state index in [4.69, 9.17) is 0 Å². The van der Waals surface area contributed by atoms with Gasteiger partial charge in [0.25, 0.3) is 0 Å². The van der Waals surface area contributed by atoms with Crippen molar-refractivity contribution in [3.8, 4) is 11.1 Å². The van der Waals surface area contributed by atoms with E-state index in [0.29, 0.717) is 0 Å². The van der Waals surface area contributed by atoms with Crippen LogP contribution >= 0.6 is 11.3 Å². The van der Waals surface area contributed by atoms with Gasteiger partial charge >= 0.3 is 0 Å². The Kier molecular flexibility index (Phi) is 3.79. The maximum absolute atomic E-state index is 3.84. The fraction of sp³-hybridized carbons (Fsp3) is 0.152. The number of fused-ring (bicyclic) bond motifs is 10. The predicted molar refractivity (Wildman–Crippen MR) is 151 cm³/mol. The standard InChI is InChI=1S/C33H25NS/c1-33(2)27-12-5-3-8-21(27)23-11-7-10-20(30(23)33)19-14-17-28-26(18-19)24-15-16-25-22-9-4-6-13-29(22)35-32(25)31(24)34-28/h3-13,15-16,18,34H,14,17H2,1-2H3. The molecule has 2 heterocycles. The minimum absolute atomic E-state index is 0.00703. The lowest BCUT2D eigenvalue weighted by molar-refractivity contribution is 0.658. The summed E-state index contributed by atoms with van der Waals surface area (Å²) in [4.78, 5) is 3.84. The average Bonchev–Trinajstić information content (AvgIpc) is 3.52. The average molecular weight is 468 g/mol. The van der Waals surface area contributed by atoms with Crippen molar-refractivity contribution in [3.63, 3.8) is 0 Å². The molecular formula is C33H25NS. The first-order valence-corrected chi connectivity index (χ1v) is 13.3. The van der Waals surface area contributed by atoms with Gasteiger partial charge in [0.05, 0.1) is 10.2 Å². The van der Waals surface area contributed by atoms with Gasteiger partial charge in [-0.3, -0.25) is 0 Å². The molecule has 0 spiro atoms. The molecule has 0 fully saturated rings. The van der Waals surface area contributed by atoms with Crippen molar-refractivity contribution >= 4 is 54.1 Å². The molecule has 0 saturated heterocycles. The van der Waals surface area contributed by atoms with Gasteiger partial charge in [-0.2, -0.15) is 0 Å². The van der Waals surface area contributed by atoms with Crippen LogP contribution in [0, 0.1) is 0 Å². The molecule has 0 bridgehead atoms. The largest absolute Gasteiger partial charge is 0.357 e. The molecular weight excluding hydrogens is 442 g/mol. The molecule has 6 aromatic rings. The lowest BCUT2D eigenvalue weighted by Crippen LogP contribution is -2.17. The van der Waals surface area contributed by atoms with Gasteiger partial charge in [0.2, 0.25) is 0 Å². The van der Waals surface area contributed by atoms with E-state index in [1.165, 1.54) is 75.7 Å². The maximum atomic E-state index is 3.84. The van der Waals surface area contributed by atoms with E-state index in [1.807, 2.05) is 11.3 Å². The number of H-pyrrole nitrogens is 1. The Morgan fingerprint density at radius 3 is 2.43 bits per heavy atom. The third-order valence-corrected chi connectivity index (χ3v) is 9.53. The molecule has 2 aliphatic rings.